The second-order valence-corrected chi connectivity index (χ2v) is 7.02. The van der Waals surface area contributed by atoms with E-state index < -0.39 is 0 Å². The number of hydrogen-bond acceptors (Lipinski definition) is 5. The second-order valence-electron chi connectivity index (χ2n) is 7.02. The molecule has 0 saturated heterocycles. The number of rotatable bonds is 4. The summed E-state index contributed by atoms with van der Waals surface area (Å²) in [5.74, 6) is 1.28. The molecule has 1 aromatic carbocycles. The number of imidazole rings is 1. The molecule has 3 aromatic heterocycles. The predicted molar refractivity (Wildman–Crippen MR) is 109 cm³/mol. The molecule has 0 unspecified atom stereocenters. The van der Waals surface area contributed by atoms with Crippen LogP contribution in [-0.2, 0) is 18.4 Å². The van der Waals surface area contributed by atoms with Crippen molar-refractivity contribution in [1.29, 1.82) is 0 Å². The second kappa shape index (κ2) is 7.01. The molecular formula is C20H21N7O2. The summed E-state index contributed by atoms with van der Waals surface area (Å²) in [6.45, 7) is 5.63. The van der Waals surface area contributed by atoms with Gasteiger partial charge in [0.25, 0.3) is 5.56 Å². The molecule has 29 heavy (non-hydrogen) atoms. The number of aromatic nitrogens is 6. The van der Waals surface area contributed by atoms with E-state index in [1.165, 1.54) is 10.6 Å². The average molecular weight is 391 g/mol. The van der Waals surface area contributed by atoms with Gasteiger partial charge in [-0.2, -0.15) is 9.50 Å². The summed E-state index contributed by atoms with van der Waals surface area (Å²) in [5.41, 5.74) is 2.84. The molecule has 3 heterocycles. The SMILES string of the molecule is Cc1ccc(NC(=O)Cn2c(C)cc(=O)n3nc(-c4cnc(C)n4C)nc23)cc1. The first-order chi connectivity index (χ1) is 13.8. The minimum atomic E-state index is -0.301. The Morgan fingerprint density at radius 1 is 1.14 bits per heavy atom. The normalized spacial score (nSPS) is 11.2. The molecule has 9 heteroatoms. The number of carbonyl (C=O) groups is 1. The highest BCUT2D eigenvalue weighted by Gasteiger charge is 2.17. The highest BCUT2D eigenvalue weighted by molar-refractivity contribution is 5.90. The number of carbonyl (C=O) groups excluding carboxylic acids is 1. The number of nitrogens with one attached hydrogen (secondary N) is 1. The number of aryl methyl sites for hydroxylation is 3. The molecule has 4 aromatic rings. The van der Waals surface area contributed by atoms with Crippen molar-refractivity contribution in [3.05, 3.63) is 64.0 Å². The van der Waals surface area contributed by atoms with Crippen molar-refractivity contribution in [3.63, 3.8) is 0 Å². The molecule has 9 nitrogen and oxygen atoms in total. The van der Waals surface area contributed by atoms with Gasteiger partial charge < -0.3 is 14.5 Å². The van der Waals surface area contributed by atoms with Crippen molar-refractivity contribution < 1.29 is 4.79 Å². The highest BCUT2D eigenvalue weighted by atomic mass is 16.2. The fraction of sp³-hybridized carbons (Fsp3) is 0.250. The van der Waals surface area contributed by atoms with Gasteiger partial charge in [0.1, 0.15) is 18.1 Å². The van der Waals surface area contributed by atoms with Crippen LogP contribution in [0.25, 0.3) is 17.3 Å². The lowest BCUT2D eigenvalue weighted by Gasteiger charge is -2.11. The number of fused-ring (bicyclic) bond motifs is 1. The van der Waals surface area contributed by atoms with Crippen molar-refractivity contribution in [2.75, 3.05) is 5.32 Å². The molecule has 0 spiro atoms. The monoisotopic (exact) mass is 391 g/mol. The summed E-state index contributed by atoms with van der Waals surface area (Å²) >= 11 is 0. The first kappa shape index (κ1) is 18.6. The van der Waals surface area contributed by atoms with Crippen LogP contribution in [0.4, 0.5) is 5.69 Å². The van der Waals surface area contributed by atoms with Crippen molar-refractivity contribution in [1.82, 2.24) is 28.7 Å². The standard InChI is InChI=1S/C20H21N7O2/c1-12-5-7-15(8-6-12)22-17(28)11-26-13(2)9-18(29)27-20(26)23-19(24-27)16-10-21-14(3)25(16)4/h5-10H,11H2,1-4H3,(H,22,28). The lowest BCUT2D eigenvalue weighted by atomic mass is 10.2. The van der Waals surface area contributed by atoms with Crippen molar-refractivity contribution in [2.24, 2.45) is 7.05 Å². The first-order valence-electron chi connectivity index (χ1n) is 9.16. The van der Waals surface area contributed by atoms with Gasteiger partial charge in [-0.3, -0.25) is 9.59 Å². The maximum absolute atomic E-state index is 12.6. The zero-order chi connectivity index (χ0) is 20.7. The molecule has 0 atom stereocenters. The van der Waals surface area contributed by atoms with Crippen LogP contribution in [0.2, 0.25) is 0 Å². The Hall–Kier alpha value is -3.75. The van der Waals surface area contributed by atoms with Gasteiger partial charge in [0.2, 0.25) is 17.5 Å². The molecule has 0 aliphatic carbocycles. The molecule has 0 radical (unpaired) electrons. The van der Waals surface area contributed by atoms with E-state index in [9.17, 15) is 9.59 Å². The van der Waals surface area contributed by atoms with E-state index in [0.29, 0.717) is 28.7 Å². The number of anilines is 1. The fourth-order valence-corrected chi connectivity index (χ4v) is 3.10. The highest BCUT2D eigenvalue weighted by Crippen LogP contribution is 2.17. The van der Waals surface area contributed by atoms with Crippen LogP contribution in [0.1, 0.15) is 17.1 Å². The third-order valence-electron chi connectivity index (χ3n) is 4.88. The lowest BCUT2D eigenvalue weighted by molar-refractivity contribution is -0.116. The maximum Gasteiger partial charge on any atom is 0.275 e. The first-order valence-corrected chi connectivity index (χ1v) is 9.16. The van der Waals surface area contributed by atoms with Gasteiger partial charge in [0.15, 0.2) is 0 Å². The summed E-state index contributed by atoms with van der Waals surface area (Å²) < 4.78 is 4.73. The largest absolute Gasteiger partial charge is 0.329 e. The van der Waals surface area contributed by atoms with Crippen LogP contribution >= 0.6 is 0 Å². The molecular weight excluding hydrogens is 370 g/mol. The Morgan fingerprint density at radius 3 is 2.52 bits per heavy atom. The Bertz CT molecular complexity index is 1280. The van der Waals surface area contributed by atoms with Gasteiger partial charge >= 0.3 is 0 Å². The third kappa shape index (κ3) is 3.42. The molecule has 148 valence electrons. The molecule has 4 rings (SSSR count). The molecule has 1 amide bonds. The van der Waals surface area contributed by atoms with Gasteiger partial charge in [0.05, 0.1) is 6.20 Å². The fourth-order valence-electron chi connectivity index (χ4n) is 3.10. The number of benzene rings is 1. The molecule has 0 fully saturated rings. The van der Waals surface area contributed by atoms with Crippen LogP contribution in [0.3, 0.4) is 0 Å². The zero-order valence-electron chi connectivity index (χ0n) is 16.7. The Kier molecular flexibility index (Phi) is 4.50. The minimum Gasteiger partial charge on any atom is -0.329 e. The van der Waals surface area contributed by atoms with Gasteiger partial charge in [-0.05, 0) is 32.9 Å². The van der Waals surface area contributed by atoms with E-state index in [1.54, 1.807) is 17.7 Å². The van der Waals surface area contributed by atoms with E-state index in [0.717, 1.165) is 11.4 Å². The van der Waals surface area contributed by atoms with Gasteiger partial charge in [-0.15, -0.1) is 5.10 Å². The summed E-state index contributed by atoms with van der Waals surface area (Å²) in [5, 5.41) is 7.20. The van der Waals surface area contributed by atoms with E-state index in [2.05, 4.69) is 20.4 Å². The molecule has 1 N–H and O–H groups in total. The van der Waals surface area contributed by atoms with E-state index in [-0.39, 0.29) is 18.0 Å². The smallest absolute Gasteiger partial charge is 0.275 e. The van der Waals surface area contributed by atoms with E-state index in [4.69, 9.17) is 0 Å². The van der Waals surface area contributed by atoms with Crippen LogP contribution < -0.4 is 10.9 Å². The van der Waals surface area contributed by atoms with Crippen molar-refractivity contribution >= 4 is 17.4 Å². The van der Waals surface area contributed by atoms with Crippen LogP contribution in [-0.4, -0.2) is 34.6 Å². The summed E-state index contributed by atoms with van der Waals surface area (Å²) in [6.07, 6.45) is 1.66. The number of hydrogen-bond donors (Lipinski definition) is 1. The Labute approximate surface area is 166 Å². The zero-order valence-corrected chi connectivity index (χ0v) is 16.7. The van der Waals surface area contributed by atoms with Crippen LogP contribution in [0.5, 0.6) is 0 Å². The molecule has 0 aliphatic heterocycles. The van der Waals surface area contributed by atoms with Crippen LogP contribution in [0.15, 0.2) is 41.3 Å². The third-order valence-corrected chi connectivity index (χ3v) is 4.88. The summed E-state index contributed by atoms with van der Waals surface area (Å²) in [4.78, 5) is 33.8. The topological polar surface area (TPSA) is 99.1 Å². The average Bonchev–Trinajstić information content (AvgIpc) is 3.25. The van der Waals surface area contributed by atoms with Crippen LogP contribution in [0, 0.1) is 20.8 Å². The van der Waals surface area contributed by atoms with Crippen molar-refractivity contribution in [3.8, 4) is 11.5 Å². The van der Waals surface area contributed by atoms with Gasteiger partial charge in [0, 0.05) is 24.5 Å². The van der Waals surface area contributed by atoms with Gasteiger partial charge in [-0.1, -0.05) is 17.7 Å². The molecule has 0 saturated carbocycles. The Morgan fingerprint density at radius 2 is 1.86 bits per heavy atom. The summed E-state index contributed by atoms with van der Waals surface area (Å²) in [6, 6.07) is 9.00. The number of amides is 1. The molecule has 0 bridgehead atoms. The lowest BCUT2D eigenvalue weighted by Crippen LogP contribution is -2.25. The predicted octanol–water partition coefficient (Wildman–Crippen LogP) is 1.86. The summed E-state index contributed by atoms with van der Waals surface area (Å²) in [7, 11) is 1.86. The molecule has 0 aliphatic rings. The Balaban J connectivity index is 1.72. The quantitative estimate of drug-likeness (QED) is 0.572. The van der Waals surface area contributed by atoms with E-state index >= 15 is 0 Å². The minimum absolute atomic E-state index is 0.00599. The van der Waals surface area contributed by atoms with E-state index in [1.807, 2.05) is 49.7 Å². The van der Waals surface area contributed by atoms with Gasteiger partial charge in [-0.25, -0.2) is 4.98 Å². The van der Waals surface area contributed by atoms with Crippen molar-refractivity contribution in [2.45, 2.75) is 27.3 Å². The maximum atomic E-state index is 12.6. The number of nitrogens with zero attached hydrogens (tertiary/aromatic N) is 6.